The molecule has 1 aromatic heterocycles. The number of nitrogens with zero attached hydrogens (tertiary/aromatic N) is 2. The standard InChI is InChI=1S/C14H13BrN2O3S/c1-8(18)12-11(13(19)20)16-14(21-12)17(2)7-9-5-3-4-6-10(9)15/h3-6H,7H2,1-2H3,(H,19,20). The zero-order valence-corrected chi connectivity index (χ0v) is 13.9. The Kier molecular flexibility index (Phi) is 4.74. The second-order valence-corrected chi connectivity index (χ2v) is 6.31. The van der Waals surface area contributed by atoms with Crippen LogP contribution in [0.4, 0.5) is 5.13 Å². The van der Waals surface area contributed by atoms with Crippen LogP contribution in [-0.4, -0.2) is 28.9 Å². The number of carbonyl (C=O) groups excluding carboxylic acids is 1. The minimum atomic E-state index is -1.18. The summed E-state index contributed by atoms with van der Waals surface area (Å²) in [5.41, 5.74) is 0.873. The zero-order chi connectivity index (χ0) is 15.6. The third-order valence-electron chi connectivity index (χ3n) is 2.83. The molecule has 1 heterocycles. The number of hydrogen-bond donors (Lipinski definition) is 1. The van der Waals surface area contributed by atoms with Crippen LogP contribution in [0.1, 0.15) is 32.6 Å². The van der Waals surface area contributed by atoms with Crippen LogP contribution in [-0.2, 0) is 6.54 Å². The summed E-state index contributed by atoms with van der Waals surface area (Å²) in [7, 11) is 1.81. The third kappa shape index (κ3) is 3.48. The van der Waals surface area contributed by atoms with Gasteiger partial charge in [0.25, 0.3) is 0 Å². The molecule has 5 nitrogen and oxygen atoms in total. The summed E-state index contributed by atoms with van der Waals surface area (Å²) in [4.78, 5) is 28.7. The summed E-state index contributed by atoms with van der Waals surface area (Å²) in [6, 6.07) is 7.76. The number of anilines is 1. The molecule has 0 fully saturated rings. The molecule has 0 aliphatic heterocycles. The highest BCUT2D eigenvalue weighted by molar-refractivity contribution is 9.10. The van der Waals surface area contributed by atoms with Crippen LogP contribution in [0.2, 0.25) is 0 Å². The number of carboxylic acid groups (broad SMARTS) is 1. The molecule has 0 bridgehead atoms. The van der Waals surface area contributed by atoms with E-state index in [9.17, 15) is 9.59 Å². The van der Waals surface area contributed by atoms with E-state index in [-0.39, 0.29) is 16.4 Å². The van der Waals surface area contributed by atoms with Gasteiger partial charge in [-0.05, 0) is 11.6 Å². The average molecular weight is 369 g/mol. The molecule has 0 radical (unpaired) electrons. The van der Waals surface area contributed by atoms with E-state index in [1.54, 1.807) is 0 Å². The molecule has 0 saturated heterocycles. The van der Waals surface area contributed by atoms with Gasteiger partial charge in [0.05, 0.1) is 0 Å². The Balaban J connectivity index is 2.30. The minimum Gasteiger partial charge on any atom is -0.476 e. The fraction of sp³-hybridized carbons (Fsp3) is 0.214. The lowest BCUT2D eigenvalue weighted by atomic mass is 10.2. The van der Waals surface area contributed by atoms with Crippen molar-refractivity contribution in [3.05, 3.63) is 44.9 Å². The Morgan fingerprint density at radius 2 is 2.05 bits per heavy atom. The van der Waals surface area contributed by atoms with Crippen molar-refractivity contribution in [1.82, 2.24) is 4.98 Å². The minimum absolute atomic E-state index is 0.177. The molecular formula is C14H13BrN2O3S. The Morgan fingerprint density at radius 1 is 1.38 bits per heavy atom. The van der Waals surface area contributed by atoms with Gasteiger partial charge in [-0.2, -0.15) is 0 Å². The number of rotatable bonds is 5. The molecule has 0 saturated carbocycles. The summed E-state index contributed by atoms with van der Waals surface area (Å²) in [6.45, 7) is 1.91. The maximum absolute atomic E-state index is 11.5. The number of aromatic carboxylic acids is 1. The fourth-order valence-electron chi connectivity index (χ4n) is 1.81. The van der Waals surface area contributed by atoms with Gasteiger partial charge in [0.1, 0.15) is 4.88 Å². The molecule has 2 aromatic rings. The lowest BCUT2D eigenvalue weighted by Crippen LogP contribution is -2.16. The average Bonchev–Trinajstić information content (AvgIpc) is 2.87. The van der Waals surface area contributed by atoms with Crippen molar-refractivity contribution in [2.75, 3.05) is 11.9 Å². The van der Waals surface area contributed by atoms with E-state index >= 15 is 0 Å². The first-order valence-electron chi connectivity index (χ1n) is 6.09. The number of thiazole rings is 1. The van der Waals surface area contributed by atoms with Crippen molar-refractivity contribution in [3.63, 3.8) is 0 Å². The summed E-state index contributed by atoms with van der Waals surface area (Å²) in [5, 5.41) is 9.62. The summed E-state index contributed by atoms with van der Waals surface area (Å²) >= 11 is 4.57. The van der Waals surface area contributed by atoms with Crippen LogP contribution < -0.4 is 4.90 Å². The van der Waals surface area contributed by atoms with Crippen molar-refractivity contribution >= 4 is 44.2 Å². The Labute approximate surface area is 134 Å². The van der Waals surface area contributed by atoms with Gasteiger partial charge >= 0.3 is 5.97 Å². The first kappa shape index (κ1) is 15.7. The number of carboxylic acids is 1. The van der Waals surface area contributed by atoms with Crippen LogP contribution in [0.3, 0.4) is 0 Å². The van der Waals surface area contributed by atoms with Crippen LogP contribution in [0.5, 0.6) is 0 Å². The van der Waals surface area contributed by atoms with Crippen molar-refractivity contribution in [1.29, 1.82) is 0 Å². The monoisotopic (exact) mass is 368 g/mol. The Morgan fingerprint density at radius 3 is 2.57 bits per heavy atom. The number of carbonyl (C=O) groups is 2. The molecular weight excluding hydrogens is 356 g/mol. The molecule has 0 amide bonds. The smallest absolute Gasteiger partial charge is 0.356 e. The number of hydrogen-bond acceptors (Lipinski definition) is 5. The lowest BCUT2D eigenvalue weighted by molar-refractivity contribution is 0.0687. The predicted molar refractivity (Wildman–Crippen MR) is 85.3 cm³/mol. The van der Waals surface area contributed by atoms with Crippen molar-refractivity contribution in [2.45, 2.75) is 13.5 Å². The molecule has 0 unspecified atom stereocenters. The number of benzene rings is 1. The van der Waals surface area contributed by atoms with E-state index in [0.717, 1.165) is 21.4 Å². The maximum Gasteiger partial charge on any atom is 0.356 e. The molecule has 0 aliphatic carbocycles. The molecule has 1 N–H and O–H groups in total. The molecule has 110 valence electrons. The first-order chi connectivity index (χ1) is 9.90. The largest absolute Gasteiger partial charge is 0.476 e. The van der Waals surface area contributed by atoms with E-state index in [4.69, 9.17) is 5.11 Å². The van der Waals surface area contributed by atoms with Gasteiger partial charge in [-0.25, -0.2) is 9.78 Å². The van der Waals surface area contributed by atoms with Gasteiger partial charge in [-0.15, -0.1) is 0 Å². The highest BCUT2D eigenvalue weighted by Gasteiger charge is 2.22. The molecule has 7 heteroatoms. The van der Waals surface area contributed by atoms with E-state index in [1.165, 1.54) is 6.92 Å². The van der Waals surface area contributed by atoms with Gasteiger partial charge in [0, 0.05) is 25.0 Å². The Hall–Kier alpha value is -1.73. The van der Waals surface area contributed by atoms with Gasteiger partial charge in [0.15, 0.2) is 16.6 Å². The maximum atomic E-state index is 11.5. The van der Waals surface area contributed by atoms with E-state index in [2.05, 4.69) is 20.9 Å². The molecule has 2 rings (SSSR count). The predicted octanol–water partition coefficient (Wildman–Crippen LogP) is 3.44. The molecule has 21 heavy (non-hydrogen) atoms. The van der Waals surface area contributed by atoms with Crippen LogP contribution in [0.25, 0.3) is 0 Å². The second kappa shape index (κ2) is 6.36. The lowest BCUT2D eigenvalue weighted by Gasteiger charge is -2.16. The van der Waals surface area contributed by atoms with Crippen LogP contribution in [0.15, 0.2) is 28.7 Å². The quantitative estimate of drug-likeness (QED) is 0.818. The van der Waals surface area contributed by atoms with Crippen molar-refractivity contribution < 1.29 is 14.7 Å². The van der Waals surface area contributed by atoms with Gasteiger partial charge in [-0.1, -0.05) is 45.5 Å². The van der Waals surface area contributed by atoms with E-state index in [0.29, 0.717) is 11.7 Å². The van der Waals surface area contributed by atoms with Crippen molar-refractivity contribution in [3.8, 4) is 0 Å². The number of halogens is 1. The molecule has 0 aliphatic rings. The number of Topliss-reactive ketones (excluding diaryl/α,β-unsaturated/α-hetero) is 1. The molecule has 1 aromatic carbocycles. The number of ketones is 1. The van der Waals surface area contributed by atoms with Gasteiger partial charge in [-0.3, -0.25) is 4.79 Å². The van der Waals surface area contributed by atoms with Gasteiger partial charge < -0.3 is 10.0 Å². The first-order valence-corrected chi connectivity index (χ1v) is 7.70. The van der Waals surface area contributed by atoms with Gasteiger partial charge in [0.2, 0.25) is 0 Å². The second-order valence-electron chi connectivity index (χ2n) is 4.48. The molecule has 0 atom stereocenters. The Bertz CT molecular complexity index is 668. The summed E-state index contributed by atoms with van der Waals surface area (Å²) in [5.74, 6) is -1.47. The van der Waals surface area contributed by atoms with E-state index in [1.807, 2.05) is 36.2 Å². The third-order valence-corrected chi connectivity index (χ3v) is 4.87. The normalized spacial score (nSPS) is 10.4. The highest BCUT2D eigenvalue weighted by atomic mass is 79.9. The van der Waals surface area contributed by atoms with Crippen LogP contribution in [0, 0.1) is 0 Å². The topological polar surface area (TPSA) is 70.5 Å². The van der Waals surface area contributed by atoms with Crippen LogP contribution >= 0.6 is 27.3 Å². The fourth-order valence-corrected chi connectivity index (χ4v) is 3.13. The van der Waals surface area contributed by atoms with Crippen molar-refractivity contribution in [2.24, 2.45) is 0 Å². The zero-order valence-electron chi connectivity index (χ0n) is 11.5. The SMILES string of the molecule is CC(=O)c1sc(N(C)Cc2ccccc2Br)nc1C(=O)O. The summed E-state index contributed by atoms with van der Waals surface area (Å²) in [6.07, 6.45) is 0. The highest BCUT2D eigenvalue weighted by Crippen LogP contribution is 2.28. The molecule has 0 spiro atoms. The summed E-state index contributed by atoms with van der Waals surface area (Å²) < 4.78 is 0.971. The number of aromatic nitrogens is 1. The van der Waals surface area contributed by atoms with E-state index < -0.39 is 5.97 Å².